The molecule has 6 nitrogen and oxygen atoms in total. The monoisotopic (exact) mass is 410 g/mol. The Kier molecular flexibility index (Phi) is 5.76. The van der Waals surface area contributed by atoms with Gasteiger partial charge in [0.1, 0.15) is 0 Å². The van der Waals surface area contributed by atoms with Crippen LogP contribution in [0.15, 0.2) is 29.1 Å². The highest BCUT2D eigenvalue weighted by molar-refractivity contribution is 7.11. The van der Waals surface area contributed by atoms with Crippen molar-refractivity contribution in [3.63, 3.8) is 0 Å². The molecule has 0 spiro atoms. The van der Waals surface area contributed by atoms with Crippen LogP contribution in [0.5, 0.6) is 0 Å². The van der Waals surface area contributed by atoms with Crippen molar-refractivity contribution in [1.82, 2.24) is 20.1 Å². The molecule has 2 aromatic heterocycles. The molecule has 0 bridgehead atoms. The summed E-state index contributed by atoms with van der Waals surface area (Å²) < 4.78 is 1.39. The molecule has 152 valence electrons. The fourth-order valence-electron chi connectivity index (χ4n) is 3.76. The number of benzene rings is 1. The zero-order chi connectivity index (χ0) is 20.4. The van der Waals surface area contributed by atoms with Crippen LogP contribution in [0.25, 0.3) is 10.8 Å². The lowest BCUT2D eigenvalue weighted by molar-refractivity contribution is 0.0947. The predicted octanol–water partition coefficient (Wildman–Crippen LogP) is 3.68. The molecule has 7 heteroatoms. The van der Waals surface area contributed by atoms with Crippen molar-refractivity contribution in [1.29, 1.82) is 0 Å². The van der Waals surface area contributed by atoms with E-state index in [1.54, 1.807) is 12.1 Å². The maximum absolute atomic E-state index is 12.8. The number of nitrogens with zero attached hydrogens (tertiary/aromatic N) is 3. The molecule has 4 rings (SSSR count). The van der Waals surface area contributed by atoms with Crippen molar-refractivity contribution in [2.24, 2.45) is 0 Å². The lowest BCUT2D eigenvalue weighted by Crippen LogP contribution is -2.32. The second-order valence-corrected chi connectivity index (χ2v) is 8.95. The number of nitrogens with one attached hydrogen (secondary N) is 1. The molecule has 0 saturated carbocycles. The van der Waals surface area contributed by atoms with E-state index in [-0.39, 0.29) is 17.5 Å². The minimum Gasteiger partial charge on any atom is -0.351 e. The molecule has 0 saturated heterocycles. The Morgan fingerprint density at radius 1 is 1.21 bits per heavy atom. The molecule has 1 N–H and O–H groups in total. The van der Waals surface area contributed by atoms with E-state index in [0.29, 0.717) is 23.0 Å². The smallest absolute Gasteiger partial charge is 0.274 e. The maximum Gasteiger partial charge on any atom is 0.274 e. The predicted molar refractivity (Wildman–Crippen MR) is 116 cm³/mol. The number of hydrogen-bond donors (Lipinski definition) is 1. The molecule has 0 aliphatic heterocycles. The van der Waals surface area contributed by atoms with Crippen LogP contribution < -0.4 is 10.9 Å². The van der Waals surface area contributed by atoms with Gasteiger partial charge in [-0.05, 0) is 52.0 Å². The summed E-state index contributed by atoms with van der Waals surface area (Å²) in [5.74, 6) is -0.242. The van der Waals surface area contributed by atoms with Crippen LogP contribution in [0.1, 0.15) is 65.2 Å². The molecule has 1 amide bonds. The Balaban J connectivity index is 1.44. The minimum absolute atomic E-state index is 0.116. The van der Waals surface area contributed by atoms with E-state index in [2.05, 4.69) is 10.4 Å². The van der Waals surface area contributed by atoms with Crippen LogP contribution in [0.3, 0.4) is 0 Å². The molecule has 0 radical (unpaired) electrons. The SMILES string of the molecule is CC(C)n1nc(C(=O)NCCCc2nc3c(s2)CCCC3)c2ccccc2c1=O. The number of rotatable bonds is 6. The van der Waals surface area contributed by atoms with Crippen molar-refractivity contribution in [3.05, 3.63) is 55.9 Å². The number of amides is 1. The zero-order valence-electron chi connectivity index (χ0n) is 16.9. The minimum atomic E-state index is -0.242. The normalized spacial score (nSPS) is 13.6. The average molecular weight is 411 g/mol. The maximum atomic E-state index is 12.8. The molecule has 1 aliphatic carbocycles. The number of hydrogen-bond acceptors (Lipinski definition) is 5. The summed E-state index contributed by atoms with van der Waals surface area (Å²) in [4.78, 5) is 31.6. The van der Waals surface area contributed by atoms with Gasteiger partial charge in [-0.2, -0.15) is 5.10 Å². The van der Waals surface area contributed by atoms with Gasteiger partial charge in [-0.15, -0.1) is 11.3 Å². The van der Waals surface area contributed by atoms with Gasteiger partial charge < -0.3 is 5.32 Å². The molecular weight excluding hydrogens is 384 g/mol. The molecule has 0 fully saturated rings. The number of fused-ring (bicyclic) bond motifs is 2. The first kappa shape index (κ1) is 19.8. The summed E-state index contributed by atoms with van der Waals surface area (Å²) >= 11 is 1.82. The molecule has 0 atom stereocenters. The molecular formula is C22H26N4O2S. The molecule has 1 aromatic carbocycles. The van der Waals surface area contributed by atoms with Gasteiger partial charge in [0, 0.05) is 23.2 Å². The summed E-state index contributed by atoms with van der Waals surface area (Å²) in [6, 6.07) is 7.05. The van der Waals surface area contributed by atoms with E-state index in [9.17, 15) is 9.59 Å². The zero-order valence-corrected chi connectivity index (χ0v) is 17.7. The highest BCUT2D eigenvalue weighted by atomic mass is 32.1. The van der Waals surface area contributed by atoms with Gasteiger partial charge in [-0.3, -0.25) is 9.59 Å². The Morgan fingerprint density at radius 2 is 1.97 bits per heavy atom. The Bertz CT molecular complexity index is 1080. The van der Waals surface area contributed by atoms with Gasteiger partial charge in [0.15, 0.2) is 5.69 Å². The molecule has 3 aromatic rings. The second kappa shape index (κ2) is 8.45. The van der Waals surface area contributed by atoms with Crippen LogP contribution in [0.4, 0.5) is 0 Å². The second-order valence-electron chi connectivity index (χ2n) is 7.78. The average Bonchev–Trinajstić information content (AvgIpc) is 3.14. The topological polar surface area (TPSA) is 76.9 Å². The fourth-order valence-corrected chi connectivity index (χ4v) is 4.96. The van der Waals surface area contributed by atoms with E-state index >= 15 is 0 Å². The van der Waals surface area contributed by atoms with E-state index in [1.807, 2.05) is 37.3 Å². The van der Waals surface area contributed by atoms with Crippen LogP contribution in [0.2, 0.25) is 0 Å². The summed E-state index contributed by atoms with van der Waals surface area (Å²) in [6.07, 6.45) is 6.48. The van der Waals surface area contributed by atoms with Crippen molar-refractivity contribution in [3.8, 4) is 0 Å². The molecule has 29 heavy (non-hydrogen) atoms. The van der Waals surface area contributed by atoms with Gasteiger partial charge in [-0.25, -0.2) is 9.67 Å². The number of aryl methyl sites for hydroxylation is 3. The molecule has 1 aliphatic rings. The largest absolute Gasteiger partial charge is 0.351 e. The van der Waals surface area contributed by atoms with E-state index < -0.39 is 0 Å². The van der Waals surface area contributed by atoms with Gasteiger partial charge in [0.2, 0.25) is 0 Å². The van der Waals surface area contributed by atoms with Crippen LogP contribution in [-0.2, 0) is 19.3 Å². The standard InChI is InChI=1S/C22H26N4O2S/c1-14(2)26-22(28)16-9-4-3-8-15(16)20(25-26)21(27)23-13-7-12-19-24-17-10-5-6-11-18(17)29-19/h3-4,8-9,14H,5-7,10-13H2,1-2H3,(H,23,27). The first-order valence-electron chi connectivity index (χ1n) is 10.3. The number of aromatic nitrogens is 3. The van der Waals surface area contributed by atoms with Gasteiger partial charge >= 0.3 is 0 Å². The van der Waals surface area contributed by atoms with Gasteiger partial charge in [0.25, 0.3) is 11.5 Å². The summed E-state index contributed by atoms with van der Waals surface area (Å²) in [7, 11) is 0. The summed E-state index contributed by atoms with van der Waals surface area (Å²) in [5, 5.41) is 9.62. The Hall–Kier alpha value is -2.54. The number of carbonyl (C=O) groups excluding carboxylic acids is 1. The Morgan fingerprint density at radius 3 is 2.72 bits per heavy atom. The van der Waals surface area contributed by atoms with Crippen LogP contribution >= 0.6 is 11.3 Å². The van der Waals surface area contributed by atoms with E-state index in [0.717, 1.165) is 25.7 Å². The first-order chi connectivity index (χ1) is 14.0. The lowest BCUT2D eigenvalue weighted by atomic mass is 10.0. The summed E-state index contributed by atoms with van der Waals surface area (Å²) in [5.41, 5.74) is 1.42. The van der Waals surface area contributed by atoms with Crippen molar-refractivity contribution < 1.29 is 4.79 Å². The number of carbonyl (C=O) groups is 1. The quantitative estimate of drug-likeness (QED) is 0.629. The van der Waals surface area contributed by atoms with Crippen LogP contribution in [-0.4, -0.2) is 27.2 Å². The third kappa shape index (κ3) is 4.10. The van der Waals surface area contributed by atoms with Gasteiger partial charge in [-0.1, -0.05) is 18.2 Å². The highest BCUT2D eigenvalue weighted by Gasteiger charge is 2.18. The van der Waals surface area contributed by atoms with Crippen molar-refractivity contribution in [2.75, 3.05) is 6.54 Å². The van der Waals surface area contributed by atoms with Crippen molar-refractivity contribution >= 4 is 28.0 Å². The fraction of sp³-hybridized carbons (Fsp3) is 0.455. The first-order valence-corrected chi connectivity index (χ1v) is 11.1. The lowest BCUT2D eigenvalue weighted by Gasteiger charge is -2.13. The third-order valence-electron chi connectivity index (χ3n) is 5.28. The Labute approximate surface area is 174 Å². The number of thiazole rings is 1. The van der Waals surface area contributed by atoms with Gasteiger partial charge in [0.05, 0.1) is 22.1 Å². The third-order valence-corrected chi connectivity index (χ3v) is 6.49. The van der Waals surface area contributed by atoms with E-state index in [1.165, 1.54) is 33.1 Å². The van der Waals surface area contributed by atoms with Crippen molar-refractivity contribution in [2.45, 2.75) is 58.4 Å². The highest BCUT2D eigenvalue weighted by Crippen LogP contribution is 2.27. The summed E-state index contributed by atoms with van der Waals surface area (Å²) in [6.45, 7) is 4.33. The molecule has 0 unspecified atom stereocenters. The van der Waals surface area contributed by atoms with Crippen LogP contribution in [0, 0.1) is 0 Å². The van der Waals surface area contributed by atoms with E-state index in [4.69, 9.17) is 4.98 Å². The molecule has 2 heterocycles.